The van der Waals surface area contributed by atoms with E-state index in [1.165, 1.54) is 38.5 Å². The average Bonchev–Trinajstić information content (AvgIpc) is 2.60. The maximum absolute atomic E-state index is 11.2. The zero-order chi connectivity index (χ0) is 13.0. The third-order valence-corrected chi connectivity index (χ3v) is 3.79. The monoisotopic (exact) mass is 266 g/mol. The van der Waals surface area contributed by atoms with Gasteiger partial charge in [0.2, 0.25) is 5.91 Å². The summed E-state index contributed by atoms with van der Waals surface area (Å²) in [5, 5.41) is 3.89. The SMILES string of the molecule is NC(=O)c1cc(NC2CCCCCC2)ccc1Cl. The van der Waals surface area contributed by atoms with Crippen molar-refractivity contribution in [1.82, 2.24) is 0 Å². The Labute approximate surface area is 113 Å². The van der Waals surface area contributed by atoms with E-state index < -0.39 is 5.91 Å². The molecule has 98 valence electrons. The molecule has 0 heterocycles. The van der Waals surface area contributed by atoms with Crippen LogP contribution in [-0.2, 0) is 0 Å². The van der Waals surface area contributed by atoms with E-state index in [1.807, 2.05) is 6.07 Å². The second kappa shape index (κ2) is 6.10. The van der Waals surface area contributed by atoms with Gasteiger partial charge in [0.25, 0.3) is 0 Å². The standard InChI is InChI=1S/C14H19ClN2O/c15-13-8-7-11(9-12(13)14(16)18)17-10-5-3-1-2-4-6-10/h7-10,17H,1-6H2,(H2,16,18). The Morgan fingerprint density at radius 3 is 2.50 bits per heavy atom. The molecule has 4 heteroatoms. The quantitative estimate of drug-likeness (QED) is 0.822. The summed E-state index contributed by atoms with van der Waals surface area (Å²) in [6.07, 6.45) is 7.57. The fourth-order valence-corrected chi connectivity index (χ4v) is 2.67. The number of halogens is 1. The third-order valence-electron chi connectivity index (χ3n) is 3.46. The van der Waals surface area contributed by atoms with Crippen molar-refractivity contribution in [1.29, 1.82) is 0 Å². The normalized spacial score (nSPS) is 17.2. The van der Waals surface area contributed by atoms with Gasteiger partial charge < -0.3 is 11.1 Å². The number of hydrogen-bond donors (Lipinski definition) is 2. The number of benzene rings is 1. The van der Waals surface area contributed by atoms with E-state index >= 15 is 0 Å². The lowest BCUT2D eigenvalue weighted by molar-refractivity contribution is 0.100. The molecule has 0 aromatic heterocycles. The largest absolute Gasteiger partial charge is 0.382 e. The molecule has 1 fully saturated rings. The molecule has 1 aromatic carbocycles. The number of nitrogens with two attached hydrogens (primary N) is 1. The molecule has 18 heavy (non-hydrogen) atoms. The average molecular weight is 267 g/mol. The third kappa shape index (κ3) is 3.39. The Morgan fingerprint density at radius 2 is 1.89 bits per heavy atom. The first-order valence-electron chi connectivity index (χ1n) is 6.52. The highest BCUT2D eigenvalue weighted by Crippen LogP contribution is 2.24. The maximum atomic E-state index is 11.2. The molecular weight excluding hydrogens is 248 g/mol. The van der Waals surface area contributed by atoms with Crippen molar-refractivity contribution >= 4 is 23.2 Å². The van der Waals surface area contributed by atoms with Crippen LogP contribution in [0.3, 0.4) is 0 Å². The van der Waals surface area contributed by atoms with Crippen LogP contribution in [0, 0.1) is 0 Å². The van der Waals surface area contributed by atoms with Gasteiger partial charge in [0.05, 0.1) is 10.6 Å². The molecule has 2 rings (SSSR count). The van der Waals surface area contributed by atoms with E-state index in [1.54, 1.807) is 12.1 Å². The van der Waals surface area contributed by atoms with Gasteiger partial charge in [-0.25, -0.2) is 0 Å². The molecule has 0 aliphatic heterocycles. The van der Waals surface area contributed by atoms with Crippen molar-refractivity contribution < 1.29 is 4.79 Å². The fraction of sp³-hybridized carbons (Fsp3) is 0.500. The highest BCUT2D eigenvalue weighted by Gasteiger charge is 2.13. The van der Waals surface area contributed by atoms with Gasteiger partial charge in [-0.15, -0.1) is 0 Å². The van der Waals surface area contributed by atoms with E-state index in [2.05, 4.69) is 5.32 Å². The van der Waals surface area contributed by atoms with Crippen molar-refractivity contribution in [2.75, 3.05) is 5.32 Å². The number of carbonyl (C=O) groups excluding carboxylic acids is 1. The number of anilines is 1. The number of carbonyl (C=O) groups is 1. The predicted octanol–water partition coefficient (Wildman–Crippen LogP) is 3.57. The summed E-state index contributed by atoms with van der Waals surface area (Å²) in [5.41, 5.74) is 6.61. The minimum atomic E-state index is -0.482. The molecule has 0 bridgehead atoms. The fourth-order valence-electron chi connectivity index (χ4n) is 2.46. The van der Waals surface area contributed by atoms with Crippen molar-refractivity contribution in [3.05, 3.63) is 28.8 Å². The number of rotatable bonds is 3. The van der Waals surface area contributed by atoms with Gasteiger partial charge in [0.1, 0.15) is 0 Å². The maximum Gasteiger partial charge on any atom is 0.250 e. The topological polar surface area (TPSA) is 55.1 Å². The van der Waals surface area contributed by atoms with Crippen LogP contribution in [-0.4, -0.2) is 11.9 Å². The van der Waals surface area contributed by atoms with Gasteiger partial charge in [0.15, 0.2) is 0 Å². The van der Waals surface area contributed by atoms with Gasteiger partial charge in [-0.1, -0.05) is 37.3 Å². The van der Waals surface area contributed by atoms with Gasteiger partial charge in [-0.2, -0.15) is 0 Å². The van der Waals surface area contributed by atoms with Crippen molar-refractivity contribution in [2.45, 2.75) is 44.6 Å². The first kappa shape index (κ1) is 13.2. The number of hydrogen-bond acceptors (Lipinski definition) is 2. The molecule has 3 nitrogen and oxygen atoms in total. The lowest BCUT2D eigenvalue weighted by atomic mass is 10.1. The lowest BCUT2D eigenvalue weighted by Crippen LogP contribution is -2.19. The minimum Gasteiger partial charge on any atom is -0.382 e. The molecule has 0 saturated heterocycles. The van der Waals surface area contributed by atoms with Crippen LogP contribution in [0.15, 0.2) is 18.2 Å². The van der Waals surface area contributed by atoms with Gasteiger partial charge in [-0.05, 0) is 31.0 Å². The summed E-state index contributed by atoms with van der Waals surface area (Å²) in [6.45, 7) is 0. The molecule has 0 radical (unpaired) electrons. The van der Waals surface area contributed by atoms with E-state index in [0.717, 1.165) is 5.69 Å². The smallest absolute Gasteiger partial charge is 0.250 e. The predicted molar refractivity (Wildman–Crippen MR) is 75.1 cm³/mol. The Kier molecular flexibility index (Phi) is 4.48. The Balaban J connectivity index is 2.08. The molecule has 0 unspecified atom stereocenters. The second-order valence-electron chi connectivity index (χ2n) is 4.89. The summed E-state index contributed by atoms with van der Waals surface area (Å²) in [6, 6.07) is 5.87. The number of primary amides is 1. The summed E-state index contributed by atoms with van der Waals surface area (Å²) < 4.78 is 0. The number of amides is 1. The Morgan fingerprint density at radius 1 is 1.22 bits per heavy atom. The van der Waals surface area contributed by atoms with Crippen LogP contribution in [0.1, 0.15) is 48.9 Å². The van der Waals surface area contributed by atoms with E-state index in [0.29, 0.717) is 16.6 Å². The van der Waals surface area contributed by atoms with Gasteiger partial charge in [0, 0.05) is 11.7 Å². The van der Waals surface area contributed by atoms with Crippen LogP contribution >= 0.6 is 11.6 Å². The zero-order valence-corrected chi connectivity index (χ0v) is 11.2. The van der Waals surface area contributed by atoms with Crippen LogP contribution in [0.25, 0.3) is 0 Å². The highest BCUT2D eigenvalue weighted by molar-refractivity contribution is 6.33. The van der Waals surface area contributed by atoms with Crippen molar-refractivity contribution in [2.24, 2.45) is 5.73 Å². The molecule has 1 aliphatic rings. The Bertz CT molecular complexity index is 426. The second-order valence-corrected chi connectivity index (χ2v) is 5.30. The molecule has 3 N–H and O–H groups in total. The van der Waals surface area contributed by atoms with Crippen LogP contribution in [0.4, 0.5) is 5.69 Å². The summed E-state index contributed by atoms with van der Waals surface area (Å²) >= 11 is 5.93. The molecule has 1 aliphatic carbocycles. The zero-order valence-electron chi connectivity index (χ0n) is 10.4. The molecule has 0 atom stereocenters. The molecule has 0 spiro atoms. The van der Waals surface area contributed by atoms with E-state index in [-0.39, 0.29) is 0 Å². The van der Waals surface area contributed by atoms with Crippen molar-refractivity contribution in [3.8, 4) is 0 Å². The van der Waals surface area contributed by atoms with Crippen LogP contribution < -0.4 is 11.1 Å². The molecule has 1 amide bonds. The Hall–Kier alpha value is -1.22. The molecule has 1 saturated carbocycles. The molecule has 1 aromatic rings. The van der Waals surface area contributed by atoms with Crippen LogP contribution in [0.2, 0.25) is 5.02 Å². The first-order chi connectivity index (χ1) is 8.66. The van der Waals surface area contributed by atoms with Crippen molar-refractivity contribution in [3.63, 3.8) is 0 Å². The van der Waals surface area contributed by atoms with Gasteiger partial charge >= 0.3 is 0 Å². The van der Waals surface area contributed by atoms with Crippen LogP contribution in [0.5, 0.6) is 0 Å². The van der Waals surface area contributed by atoms with E-state index in [9.17, 15) is 4.79 Å². The summed E-state index contributed by atoms with van der Waals surface area (Å²) in [4.78, 5) is 11.2. The number of nitrogens with one attached hydrogen (secondary N) is 1. The lowest BCUT2D eigenvalue weighted by Gasteiger charge is -2.18. The van der Waals surface area contributed by atoms with E-state index in [4.69, 9.17) is 17.3 Å². The minimum absolute atomic E-state index is 0.385. The summed E-state index contributed by atoms with van der Waals surface area (Å²) in [5.74, 6) is -0.482. The summed E-state index contributed by atoms with van der Waals surface area (Å²) in [7, 11) is 0. The first-order valence-corrected chi connectivity index (χ1v) is 6.90. The van der Waals surface area contributed by atoms with Gasteiger partial charge in [-0.3, -0.25) is 4.79 Å². The highest BCUT2D eigenvalue weighted by atomic mass is 35.5. The molecular formula is C14H19ClN2O.